The van der Waals surface area contributed by atoms with Crippen LogP contribution in [0.2, 0.25) is 0 Å². The summed E-state index contributed by atoms with van der Waals surface area (Å²) in [5, 5.41) is 6.15. The Bertz CT molecular complexity index is 800. The molecule has 158 valence electrons. The van der Waals surface area contributed by atoms with E-state index in [0.717, 1.165) is 17.1 Å². The van der Waals surface area contributed by atoms with Crippen LogP contribution in [0.5, 0.6) is 28.7 Å². The first-order valence-electron chi connectivity index (χ1n) is 9.07. The predicted molar refractivity (Wildman–Crippen MR) is 110 cm³/mol. The van der Waals surface area contributed by atoms with Crippen LogP contribution in [0.15, 0.2) is 30.3 Å². The molecule has 0 fully saturated rings. The van der Waals surface area contributed by atoms with E-state index < -0.39 is 0 Å². The van der Waals surface area contributed by atoms with Crippen LogP contribution in [0, 0.1) is 0 Å². The van der Waals surface area contributed by atoms with Gasteiger partial charge >= 0.3 is 0 Å². The molecule has 8 heteroatoms. The van der Waals surface area contributed by atoms with E-state index in [2.05, 4.69) is 10.6 Å². The van der Waals surface area contributed by atoms with Crippen molar-refractivity contribution in [1.29, 1.82) is 0 Å². The number of carbonyl (C=O) groups excluding carboxylic acids is 1. The van der Waals surface area contributed by atoms with E-state index in [-0.39, 0.29) is 5.91 Å². The molecule has 2 aromatic rings. The number of amides is 1. The molecule has 0 aliphatic carbocycles. The number of hydrogen-bond acceptors (Lipinski definition) is 7. The average Bonchev–Trinajstić information content (AvgIpc) is 2.77. The molecule has 29 heavy (non-hydrogen) atoms. The lowest BCUT2D eigenvalue weighted by atomic mass is 10.1. The van der Waals surface area contributed by atoms with E-state index in [1.54, 1.807) is 26.4 Å². The Kier molecular flexibility index (Phi) is 8.42. The van der Waals surface area contributed by atoms with Crippen molar-refractivity contribution in [3.8, 4) is 28.7 Å². The molecule has 0 atom stereocenters. The number of methoxy groups -OCH3 is 5. The van der Waals surface area contributed by atoms with Crippen molar-refractivity contribution in [2.45, 2.75) is 6.54 Å². The van der Waals surface area contributed by atoms with Crippen LogP contribution < -0.4 is 34.3 Å². The fourth-order valence-corrected chi connectivity index (χ4v) is 2.82. The van der Waals surface area contributed by atoms with Gasteiger partial charge in [-0.05, 0) is 30.3 Å². The van der Waals surface area contributed by atoms with Gasteiger partial charge in [0.2, 0.25) is 5.75 Å². The third kappa shape index (κ3) is 5.68. The molecule has 2 aromatic carbocycles. The Morgan fingerprint density at radius 3 is 2.00 bits per heavy atom. The summed E-state index contributed by atoms with van der Waals surface area (Å²) in [7, 11) is 7.79. The molecule has 0 bridgehead atoms. The molecule has 2 rings (SSSR count). The summed E-state index contributed by atoms with van der Waals surface area (Å²) in [5.74, 6) is 2.61. The predicted octanol–water partition coefficient (Wildman–Crippen LogP) is 2.25. The summed E-state index contributed by atoms with van der Waals surface area (Å²) in [6, 6.07) is 8.86. The molecule has 0 saturated carbocycles. The Morgan fingerprint density at radius 2 is 1.45 bits per heavy atom. The summed E-state index contributed by atoms with van der Waals surface area (Å²) in [5.41, 5.74) is 1.40. The van der Waals surface area contributed by atoms with Gasteiger partial charge in [-0.15, -0.1) is 0 Å². The molecule has 0 aliphatic heterocycles. The fourth-order valence-electron chi connectivity index (χ4n) is 2.82. The Balaban J connectivity index is 1.91. The van der Waals surface area contributed by atoms with Gasteiger partial charge in [-0.3, -0.25) is 4.79 Å². The zero-order valence-electron chi connectivity index (χ0n) is 17.5. The van der Waals surface area contributed by atoms with E-state index in [9.17, 15) is 4.79 Å². The number of rotatable bonds is 11. The smallest absolute Gasteiger partial charge is 0.251 e. The highest BCUT2D eigenvalue weighted by Crippen LogP contribution is 2.38. The normalized spacial score (nSPS) is 10.2. The second-order valence-corrected chi connectivity index (χ2v) is 6.02. The topological polar surface area (TPSA) is 87.3 Å². The number of ether oxygens (including phenoxy) is 5. The van der Waals surface area contributed by atoms with Crippen LogP contribution in [0.1, 0.15) is 15.9 Å². The van der Waals surface area contributed by atoms with Crippen molar-refractivity contribution in [2.75, 3.05) is 48.6 Å². The minimum atomic E-state index is -0.231. The van der Waals surface area contributed by atoms with Crippen LogP contribution in [-0.4, -0.2) is 54.5 Å². The van der Waals surface area contributed by atoms with Gasteiger partial charge in [0, 0.05) is 30.8 Å². The third-order valence-electron chi connectivity index (χ3n) is 4.32. The summed E-state index contributed by atoms with van der Waals surface area (Å²) in [4.78, 5) is 12.5. The Labute approximate surface area is 171 Å². The van der Waals surface area contributed by atoms with Crippen molar-refractivity contribution in [1.82, 2.24) is 10.6 Å². The standard InChI is InChI=1S/C21H28N2O6/c1-25-16-6-7-17(26-2)15(10-16)13-22-8-9-23-21(24)14-11-18(27-3)20(29-5)19(12-14)28-4/h6-7,10-12,22H,8-9,13H2,1-5H3,(H,23,24). The molecule has 0 spiro atoms. The van der Waals surface area contributed by atoms with E-state index in [1.807, 2.05) is 18.2 Å². The van der Waals surface area contributed by atoms with Gasteiger partial charge in [-0.1, -0.05) is 0 Å². The quantitative estimate of drug-likeness (QED) is 0.556. The fraction of sp³-hybridized carbons (Fsp3) is 0.381. The zero-order valence-corrected chi connectivity index (χ0v) is 17.5. The van der Waals surface area contributed by atoms with Crippen LogP contribution in [-0.2, 0) is 6.54 Å². The van der Waals surface area contributed by atoms with Crippen LogP contribution in [0.4, 0.5) is 0 Å². The first kappa shape index (κ1) is 22.2. The number of nitrogens with one attached hydrogen (secondary N) is 2. The lowest BCUT2D eigenvalue weighted by Crippen LogP contribution is -2.31. The Hall–Kier alpha value is -3.13. The van der Waals surface area contributed by atoms with E-state index in [0.29, 0.717) is 42.4 Å². The van der Waals surface area contributed by atoms with Crippen molar-refractivity contribution in [3.05, 3.63) is 41.5 Å². The molecule has 0 saturated heterocycles. The van der Waals surface area contributed by atoms with Gasteiger partial charge in [-0.25, -0.2) is 0 Å². The lowest BCUT2D eigenvalue weighted by Gasteiger charge is -2.14. The molecule has 1 amide bonds. The number of benzene rings is 2. The molecular formula is C21H28N2O6. The van der Waals surface area contributed by atoms with Crippen molar-refractivity contribution in [3.63, 3.8) is 0 Å². The first-order chi connectivity index (χ1) is 14.1. The van der Waals surface area contributed by atoms with Gasteiger partial charge < -0.3 is 34.3 Å². The summed E-state index contributed by atoms with van der Waals surface area (Å²) in [6.07, 6.45) is 0. The summed E-state index contributed by atoms with van der Waals surface area (Å²) in [6.45, 7) is 1.61. The molecule has 0 aliphatic rings. The molecule has 0 radical (unpaired) electrons. The molecule has 0 unspecified atom stereocenters. The molecule has 8 nitrogen and oxygen atoms in total. The third-order valence-corrected chi connectivity index (χ3v) is 4.32. The molecule has 0 aromatic heterocycles. The highest BCUT2D eigenvalue weighted by atomic mass is 16.5. The van der Waals surface area contributed by atoms with Gasteiger partial charge in [0.1, 0.15) is 11.5 Å². The van der Waals surface area contributed by atoms with Gasteiger partial charge in [0.05, 0.1) is 35.5 Å². The van der Waals surface area contributed by atoms with Crippen molar-refractivity contribution in [2.24, 2.45) is 0 Å². The van der Waals surface area contributed by atoms with Crippen molar-refractivity contribution < 1.29 is 28.5 Å². The summed E-state index contributed by atoms with van der Waals surface area (Å²) < 4.78 is 26.4. The highest BCUT2D eigenvalue weighted by molar-refractivity contribution is 5.95. The van der Waals surface area contributed by atoms with Gasteiger partial charge in [0.25, 0.3) is 5.91 Å². The maximum Gasteiger partial charge on any atom is 0.251 e. The van der Waals surface area contributed by atoms with Gasteiger partial charge in [-0.2, -0.15) is 0 Å². The largest absolute Gasteiger partial charge is 0.497 e. The van der Waals surface area contributed by atoms with Crippen LogP contribution in [0.3, 0.4) is 0 Å². The highest BCUT2D eigenvalue weighted by Gasteiger charge is 2.16. The zero-order chi connectivity index (χ0) is 21.2. The minimum absolute atomic E-state index is 0.231. The lowest BCUT2D eigenvalue weighted by molar-refractivity contribution is 0.0953. The van der Waals surface area contributed by atoms with Crippen molar-refractivity contribution >= 4 is 5.91 Å². The monoisotopic (exact) mass is 404 g/mol. The summed E-state index contributed by atoms with van der Waals surface area (Å²) >= 11 is 0. The minimum Gasteiger partial charge on any atom is -0.497 e. The second kappa shape index (κ2) is 11.0. The maximum atomic E-state index is 12.5. The second-order valence-electron chi connectivity index (χ2n) is 6.02. The van der Waals surface area contributed by atoms with E-state index in [4.69, 9.17) is 23.7 Å². The molecule has 2 N–H and O–H groups in total. The van der Waals surface area contributed by atoms with Gasteiger partial charge in [0.15, 0.2) is 11.5 Å². The maximum absolute atomic E-state index is 12.5. The first-order valence-corrected chi connectivity index (χ1v) is 9.07. The van der Waals surface area contributed by atoms with E-state index in [1.165, 1.54) is 21.3 Å². The molecular weight excluding hydrogens is 376 g/mol. The average molecular weight is 404 g/mol. The Morgan fingerprint density at radius 1 is 0.793 bits per heavy atom. The SMILES string of the molecule is COc1ccc(OC)c(CNCCNC(=O)c2cc(OC)c(OC)c(OC)c2)c1. The number of carbonyl (C=O) groups is 1. The number of hydrogen-bond donors (Lipinski definition) is 2. The van der Waals surface area contributed by atoms with Crippen LogP contribution >= 0.6 is 0 Å². The molecule has 0 heterocycles. The van der Waals surface area contributed by atoms with Crippen LogP contribution in [0.25, 0.3) is 0 Å². The van der Waals surface area contributed by atoms with E-state index >= 15 is 0 Å².